The van der Waals surface area contributed by atoms with Gasteiger partial charge in [0.2, 0.25) is 0 Å². The Kier molecular flexibility index (Phi) is 4.81. The minimum Gasteiger partial charge on any atom is -0.468 e. The van der Waals surface area contributed by atoms with Crippen LogP contribution in [-0.2, 0) is 22.4 Å². The number of nitrogens with zero attached hydrogens (tertiary/aromatic N) is 1. The molecule has 1 atom stereocenters. The van der Waals surface area contributed by atoms with Crippen molar-refractivity contribution in [1.29, 1.82) is 0 Å². The first-order valence-corrected chi connectivity index (χ1v) is 7.84. The number of aryl methyl sites for hydroxylation is 1. The second kappa shape index (κ2) is 6.39. The van der Waals surface area contributed by atoms with Crippen molar-refractivity contribution < 1.29 is 14.3 Å². The summed E-state index contributed by atoms with van der Waals surface area (Å²) in [5.74, 6) is 0.248. The number of esters is 1. The Morgan fingerprint density at radius 3 is 2.90 bits per heavy atom. The zero-order valence-corrected chi connectivity index (χ0v) is 13.1. The second-order valence-corrected chi connectivity index (χ2v) is 6.44. The van der Waals surface area contributed by atoms with Crippen molar-refractivity contribution >= 4 is 23.2 Å². The molecule has 1 amide bonds. The maximum absolute atomic E-state index is 12.5. The molecule has 0 fully saturated rings. The van der Waals surface area contributed by atoms with E-state index in [1.54, 1.807) is 11.3 Å². The summed E-state index contributed by atoms with van der Waals surface area (Å²) >= 11 is 1.58. The smallest absolute Gasteiger partial charge is 0.325 e. The Morgan fingerprint density at radius 2 is 2.25 bits per heavy atom. The monoisotopic (exact) mass is 295 g/mol. The summed E-state index contributed by atoms with van der Waals surface area (Å²) in [7, 11) is 1.34. The van der Waals surface area contributed by atoms with Crippen LogP contribution in [-0.4, -0.2) is 37.0 Å². The fourth-order valence-corrected chi connectivity index (χ4v) is 3.69. The first-order valence-electron chi connectivity index (χ1n) is 7.02. The number of likely N-dealkylation sites (N-methyl/N-ethyl adjacent to an activating group) is 1. The summed E-state index contributed by atoms with van der Waals surface area (Å²) in [5.41, 5.74) is 1.31. The minimum absolute atomic E-state index is 0.0187. The predicted octanol–water partition coefficient (Wildman–Crippen LogP) is 2.51. The summed E-state index contributed by atoms with van der Waals surface area (Å²) in [6.07, 6.45) is 3.32. The van der Waals surface area contributed by atoms with Crippen LogP contribution >= 0.6 is 11.3 Å². The van der Waals surface area contributed by atoms with Gasteiger partial charge >= 0.3 is 5.97 Å². The molecule has 0 saturated carbocycles. The summed E-state index contributed by atoms with van der Waals surface area (Å²) in [5, 5.41) is 0. The van der Waals surface area contributed by atoms with E-state index < -0.39 is 0 Å². The summed E-state index contributed by atoms with van der Waals surface area (Å²) in [4.78, 5) is 27.4. The lowest BCUT2D eigenvalue weighted by Gasteiger charge is -2.18. The Balaban J connectivity index is 2.14. The number of thiophene rings is 1. The number of methoxy groups -OCH3 is 1. The summed E-state index contributed by atoms with van der Waals surface area (Å²) in [6, 6.07) is 2.01. The molecule has 0 unspecified atom stereocenters. The van der Waals surface area contributed by atoms with Crippen LogP contribution in [0.15, 0.2) is 6.07 Å². The predicted molar refractivity (Wildman–Crippen MR) is 79.1 cm³/mol. The molecule has 1 heterocycles. The molecule has 1 aromatic rings. The van der Waals surface area contributed by atoms with Crippen LogP contribution in [0.3, 0.4) is 0 Å². The van der Waals surface area contributed by atoms with E-state index in [2.05, 4.69) is 11.7 Å². The van der Waals surface area contributed by atoms with Crippen LogP contribution < -0.4 is 0 Å². The Morgan fingerprint density at radius 1 is 1.50 bits per heavy atom. The van der Waals surface area contributed by atoms with Crippen molar-refractivity contribution in [2.24, 2.45) is 5.92 Å². The number of carbonyl (C=O) groups is 2. The van der Waals surface area contributed by atoms with E-state index in [-0.39, 0.29) is 18.4 Å². The van der Waals surface area contributed by atoms with Crippen molar-refractivity contribution in [3.63, 3.8) is 0 Å². The van der Waals surface area contributed by atoms with Crippen molar-refractivity contribution in [3.8, 4) is 0 Å². The third-order valence-electron chi connectivity index (χ3n) is 3.76. The van der Waals surface area contributed by atoms with Crippen LogP contribution in [0.4, 0.5) is 0 Å². The largest absolute Gasteiger partial charge is 0.468 e. The zero-order valence-electron chi connectivity index (χ0n) is 12.3. The fourth-order valence-electron chi connectivity index (χ4n) is 2.51. The van der Waals surface area contributed by atoms with Gasteiger partial charge in [-0.1, -0.05) is 6.92 Å². The molecule has 5 heteroatoms. The Bertz CT molecular complexity index is 509. The molecule has 0 spiro atoms. The highest BCUT2D eigenvalue weighted by molar-refractivity contribution is 7.14. The van der Waals surface area contributed by atoms with Gasteiger partial charge in [-0.15, -0.1) is 11.3 Å². The molecule has 1 aromatic heterocycles. The van der Waals surface area contributed by atoms with E-state index >= 15 is 0 Å². The van der Waals surface area contributed by atoms with Gasteiger partial charge in [-0.2, -0.15) is 0 Å². The van der Waals surface area contributed by atoms with Gasteiger partial charge in [0.25, 0.3) is 5.91 Å². The molecule has 0 aromatic carbocycles. The highest BCUT2D eigenvalue weighted by atomic mass is 32.1. The van der Waals surface area contributed by atoms with Crippen LogP contribution in [0.5, 0.6) is 0 Å². The number of ether oxygens (including phenoxy) is 1. The SMILES string of the molecule is CCN(CC(=O)OC)C(=O)c1cc2c(s1)CC[C@H](C)C2. The van der Waals surface area contributed by atoms with Crippen LogP contribution in [0.1, 0.15) is 40.4 Å². The molecule has 0 radical (unpaired) electrons. The molecule has 1 aliphatic carbocycles. The van der Waals surface area contributed by atoms with E-state index in [1.807, 2.05) is 13.0 Å². The molecule has 4 nitrogen and oxygen atoms in total. The number of fused-ring (bicyclic) bond motifs is 1. The second-order valence-electron chi connectivity index (χ2n) is 5.30. The van der Waals surface area contributed by atoms with Gasteiger partial charge < -0.3 is 9.64 Å². The molecule has 110 valence electrons. The van der Waals surface area contributed by atoms with Crippen molar-refractivity contribution in [3.05, 3.63) is 21.4 Å². The van der Waals surface area contributed by atoms with Gasteiger partial charge in [0.15, 0.2) is 0 Å². The molecular weight excluding hydrogens is 274 g/mol. The lowest BCUT2D eigenvalue weighted by Crippen LogP contribution is -2.35. The van der Waals surface area contributed by atoms with Crippen molar-refractivity contribution in [2.75, 3.05) is 20.2 Å². The molecule has 1 aliphatic rings. The van der Waals surface area contributed by atoms with Gasteiger partial charge in [-0.25, -0.2) is 0 Å². The first-order chi connectivity index (χ1) is 9.55. The van der Waals surface area contributed by atoms with Gasteiger partial charge in [0.1, 0.15) is 6.54 Å². The van der Waals surface area contributed by atoms with Crippen LogP contribution in [0, 0.1) is 5.92 Å². The zero-order chi connectivity index (χ0) is 14.7. The molecule has 0 bridgehead atoms. The topological polar surface area (TPSA) is 46.6 Å². The molecule has 0 N–H and O–H groups in total. The average molecular weight is 295 g/mol. The summed E-state index contributed by atoms with van der Waals surface area (Å²) < 4.78 is 4.63. The number of hydrogen-bond acceptors (Lipinski definition) is 4. The van der Waals surface area contributed by atoms with E-state index in [0.29, 0.717) is 12.5 Å². The van der Waals surface area contributed by atoms with Crippen LogP contribution in [0.25, 0.3) is 0 Å². The van der Waals surface area contributed by atoms with E-state index in [4.69, 9.17) is 0 Å². The number of amides is 1. The van der Waals surface area contributed by atoms with Crippen molar-refractivity contribution in [1.82, 2.24) is 4.90 Å². The molecule has 2 rings (SSSR count). The first kappa shape index (κ1) is 15.0. The third-order valence-corrected chi connectivity index (χ3v) is 4.98. The standard InChI is InChI=1S/C15H21NO3S/c1-4-16(9-14(17)19-3)15(18)13-8-11-7-10(2)5-6-12(11)20-13/h8,10H,4-7,9H2,1-3H3/t10-/m0/s1. The number of rotatable bonds is 4. The normalized spacial score (nSPS) is 17.4. The van der Waals surface area contributed by atoms with E-state index in [9.17, 15) is 9.59 Å². The van der Waals surface area contributed by atoms with Gasteiger partial charge in [-0.3, -0.25) is 9.59 Å². The van der Waals surface area contributed by atoms with Crippen LogP contribution in [0.2, 0.25) is 0 Å². The highest BCUT2D eigenvalue weighted by Gasteiger charge is 2.24. The number of carbonyl (C=O) groups excluding carboxylic acids is 2. The van der Waals surface area contributed by atoms with Gasteiger partial charge in [0.05, 0.1) is 12.0 Å². The lowest BCUT2D eigenvalue weighted by molar-refractivity contribution is -0.141. The molecule has 0 saturated heterocycles. The average Bonchev–Trinajstić information content (AvgIpc) is 2.86. The molecule has 20 heavy (non-hydrogen) atoms. The highest BCUT2D eigenvalue weighted by Crippen LogP contribution is 2.32. The van der Waals surface area contributed by atoms with Crippen molar-refractivity contribution in [2.45, 2.75) is 33.1 Å². The Hall–Kier alpha value is -1.36. The fraction of sp³-hybridized carbons (Fsp3) is 0.600. The Labute approximate surface area is 123 Å². The number of hydrogen-bond donors (Lipinski definition) is 0. The maximum Gasteiger partial charge on any atom is 0.325 e. The molecule has 0 aliphatic heterocycles. The summed E-state index contributed by atoms with van der Waals surface area (Å²) in [6.45, 7) is 4.64. The third kappa shape index (κ3) is 3.20. The maximum atomic E-state index is 12.5. The molecular formula is C15H21NO3S. The lowest BCUT2D eigenvalue weighted by atomic mass is 9.90. The van der Waals surface area contributed by atoms with Gasteiger partial charge in [0, 0.05) is 11.4 Å². The van der Waals surface area contributed by atoms with Gasteiger partial charge in [-0.05, 0) is 43.7 Å². The quantitative estimate of drug-likeness (QED) is 0.802. The van der Waals surface area contributed by atoms with E-state index in [1.165, 1.54) is 28.9 Å². The van der Waals surface area contributed by atoms with E-state index in [0.717, 1.165) is 17.7 Å². The minimum atomic E-state index is -0.379.